The van der Waals surface area contributed by atoms with Gasteiger partial charge in [-0.15, -0.1) is 0 Å². The largest absolute Gasteiger partial charge is 0.477 e. The van der Waals surface area contributed by atoms with Crippen molar-refractivity contribution >= 4 is 45.6 Å². The van der Waals surface area contributed by atoms with Gasteiger partial charge in [0.05, 0.1) is 10.9 Å². The van der Waals surface area contributed by atoms with Crippen molar-refractivity contribution in [2.24, 2.45) is 0 Å². The van der Waals surface area contributed by atoms with Crippen molar-refractivity contribution in [1.82, 2.24) is 9.47 Å². The molecule has 3 aromatic rings. The van der Waals surface area contributed by atoms with Crippen LogP contribution in [0.1, 0.15) is 24.2 Å². The van der Waals surface area contributed by atoms with Gasteiger partial charge in [-0.3, -0.25) is 4.79 Å². The van der Waals surface area contributed by atoms with E-state index in [1.807, 2.05) is 42.2 Å². The predicted molar refractivity (Wildman–Crippen MR) is 132 cm³/mol. The molecule has 1 aromatic heterocycles. The Bertz CT molecular complexity index is 1330. The standard InChI is InChI=1S/C24H24F2N4O3S/c1-3-28-13-17(23(32)33)22(31)16-11-18(25)21(19(26)20(16)28)29-9-10-30(14(2)12-29)24(34)27-15-7-5-4-6-8-15/h4-8,11,13-14H,3,9-10,12H2,1-2H3,(H,27,34)(H,32,33). The normalized spacial score (nSPS) is 16.1. The zero-order valence-electron chi connectivity index (χ0n) is 18.7. The first kappa shape index (κ1) is 23.6. The number of anilines is 2. The number of benzene rings is 2. The van der Waals surface area contributed by atoms with Crippen LogP contribution in [0, 0.1) is 11.6 Å². The number of aryl methyl sites for hydroxylation is 1. The highest BCUT2D eigenvalue weighted by molar-refractivity contribution is 7.80. The van der Waals surface area contributed by atoms with E-state index >= 15 is 8.78 Å². The topological polar surface area (TPSA) is 77.8 Å². The van der Waals surface area contributed by atoms with Gasteiger partial charge in [0.15, 0.2) is 10.9 Å². The minimum atomic E-state index is -1.44. The number of piperazine rings is 1. The van der Waals surface area contributed by atoms with Crippen molar-refractivity contribution in [2.45, 2.75) is 26.4 Å². The molecular weight excluding hydrogens is 462 g/mol. The van der Waals surface area contributed by atoms with Crippen LogP contribution in [0.5, 0.6) is 0 Å². The third-order valence-corrected chi connectivity index (χ3v) is 6.37. The second-order valence-corrected chi connectivity index (χ2v) is 8.55. The number of carboxylic acid groups (broad SMARTS) is 1. The Labute approximate surface area is 200 Å². The summed E-state index contributed by atoms with van der Waals surface area (Å²) < 4.78 is 32.2. The molecule has 0 radical (unpaired) electrons. The number of nitrogens with one attached hydrogen (secondary N) is 1. The summed E-state index contributed by atoms with van der Waals surface area (Å²) in [5.41, 5.74) is -0.919. The Kier molecular flexibility index (Phi) is 6.52. The van der Waals surface area contributed by atoms with Crippen LogP contribution in [-0.2, 0) is 6.54 Å². The van der Waals surface area contributed by atoms with Gasteiger partial charge < -0.3 is 24.8 Å². The third-order valence-electron chi connectivity index (χ3n) is 6.03. The molecule has 1 fully saturated rings. The number of aromatic nitrogens is 1. The molecule has 4 rings (SSSR count). The molecule has 1 unspecified atom stereocenters. The molecule has 1 aliphatic rings. The van der Waals surface area contributed by atoms with E-state index in [4.69, 9.17) is 12.2 Å². The smallest absolute Gasteiger partial charge is 0.341 e. The molecule has 7 nitrogen and oxygen atoms in total. The van der Waals surface area contributed by atoms with Gasteiger partial charge in [0.1, 0.15) is 17.1 Å². The molecule has 0 bridgehead atoms. The van der Waals surface area contributed by atoms with Gasteiger partial charge in [0, 0.05) is 44.1 Å². The maximum absolute atomic E-state index is 15.7. The van der Waals surface area contributed by atoms with Crippen LogP contribution in [-0.4, -0.2) is 51.3 Å². The second kappa shape index (κ2) is 9.38. The highest BCUT2D eigenvalue weighted by Gasteiger charge is 2.31. The summed E-state index contributed by atoms with van der Waals surface area (Å²) >= 11 is 5.55. The van der Waals surface area contributed by atoms with E-state index < -0.39 is 28.6 Å². The molecule has 0 saturated carbocycles. The van der Waals surface area contributed by atoms with Crippen molar-refractivity contribution in [3.05, 3.63) is 70.0 Å². The van der Waals surface area contributed by atoms with Crippen LogP contribution in [0.2, 0.25) is 0 Å². The van der Waals surface area contributed by atoms with Crippen LogP contribution in [0.3, 0.4) is 0 Å². The molecule has 0 amide bonds. The van der Waals surface area contributed by atoms with Gasteiger partial charge in [0.25, 0.3) is 0 Å². The minimum Gasteiger partial charge on any atom is -0.477 e. The lowest BCUT2D eigenvalue weighted by molar-refractivity contribution is 0.0694. The van der Waals surface area contributed by atoms with Crippen molar-refractivity contribution in [1.29, 1.82) is 0 Å². The molecule has 2 heterocycles. The third kappa shape index (κ3) is 4.21. The number of nitrogens with zero attached hydrogens (tertiary/aromatic N) is 3. The van der Waals surface area contributed by atoms with Crippen LogP contribution < -0.4 is 15.6 Å². The van der Waals surface area contributed by atoms with Crippen molar-refractivity contribution in [3.8, 4) is 0 Å². The minimum absolute atomic E-state index is 0.106. The number of rotatable bonds is 4. The lowest BCUT2D eigenvalue weighted by atomic mass is 10.1. The fraction of sp³-hybridized carbons (Fsp3) is 0.292. The highest BCUT2D eigenvalue weighted by atomic mass is 32.1. The van der Waals surface area contributed by atoms with E-state index in [1.165, 1.54) is 4.57 Å². The average Bonchev–Trinajstić information content (AvgIpc) is 2.80. The lowest BCUT2D eigenvalue weighted by Gasteiger charge is -2.42. The first-order valence-corrected chi connectivity index (χ1v) is 11.3. The van der Waals surface area contributed by atoms with Crippen LogP contribution in [0.15, 0.2) is 47.4 Å². The Morgan fingerprint density at radius 3 is 2.56 bits per heavy atom. The fourth-order valence-corrected chi connectivity index (χ4v) is 4.74. The fourth-order valence-electron chi connectivity index (χ4n) is 4.35. The first-order chi connectivity index (χ1) is 16.2. The number of para-hydroxylation sites is 1. The monoisotopic (exact) mass is 486 g/mol. The summed E-state index contributed by atoms with van der Waals surface area (Å²) in [6.07, 6.45) is 1.10. The van der Waals surface area contributed by atoms with Crippen LogP contribution >= 0.6 is 12.2 Å². The Morgan fingerprint density at radius 1 is 1.24 bits per heavy atom. The van der Waals surface area contributed by atoms with E-state index in [1.54, 1.807) is 11.8 Å². The Balaban J connectivity index is 1.66. The summed E-state index contributed by atoms with van der Waals surface area (Å²) in [6.45, 7) is 4.88. The van der Waals surface area contributed by atoms with Crippen LogP contribution in [0.4, 0.5) is 20.2 Å². The number of thiocarbonyl (C=S) groups is 1. The van der Waals surface area contributed by atoms with Crippen molar-refractivity contribution in [2.75, 3.05) is 29.9 Å². The van der Waals surface area contributed by atoms with Crippen molar-refractivity contribution in [3.63, 3.8) is 0 Å². The van der Waals surface area contributed by atoms with Gasteiger partial charge in [0.2, 0.25) is 5.43 Å². The van der Waals surface area contributed by atoms with Gasteiger partial charge in [-0.05, 0) is 44.3 Å². The number of carboxylic acids is 1. The first-order valence-electron chi connectivity index (χ1n) is 10.9. The lowest BCUT2D eigenvalue weighted by Crippen LogP contribution is -2.55. The molecule has 0 aliphatic carbocycles. The number of halogens is 2. The number of pyridine rings is 1. The number of hydrogen-bond donors (Lipinski definition) is 2. The molecule has 1 saturated heterocycles. The average molecular weight is 487 g/mol. The van der Waals surface area contributed by atoms with Gasteiger partial charge in [-0.2, -0.15) is 0 Å². The van der Waals surface area contributed by atoms with E-state index in [0.717, 1.165) is 18.0 Å². The Morgan fingerprint density at radius 2 is 1.94 bits per heavy atom. The number of hydrogen-bond acceptors (Lipinski definition) is 4. The van der Waals surface area contributed by atoms with E-state index in [-0.39, 0.29) is 29.2 Å². The molecule has 34 heavy (non-hydrogen) atoms. The number of aromatic carboxylic acids is 1. The predicted octanol–water partition coefficient (Wildman–Crippen LogP) is 3.91. The molecular formula is C24H24F2N4O3S. The summed E-state index contributed by atoms with van der Waals surface area (Å²) in [4.78, 5) is 27.6. The van der Waals surface area contributed by atoms with Crippen molar-refractivity contribution < 1.29 is 18.7 Å². The van der Waals surface area contributed by atoms with E-state index in [0.29, 0.717) is 24.7 Å². The molecule has 2 N–H and O–H groups in total. The van der Waals surface area contributed by atoms with E-state index in [2.05, 4.69) is 5.32 Å². The SMILES string of the molecule is CCn1cc(C(=O)O)c(=O)c2cc(F)c(N3CCN(C(=S)Nc4ccccc4)C(C)C3)c(F)c21. The quantitative estimate of drug-likeness (QED) is 0.542. The molecule has 1 atom stereocenters. The summed E-state index contributed by atoms with van der Waals surface area (Å²) in [6, 6.07) is 10.3. The van der Waals surface area contributed by atoms with Crippen LogP contribution in [0.25, 0.3) is 10.9 Å². The summed E-state index contributed by atoms with van der Waals surface area (Å²) in [7, 11) is 0. The van der Waals surface area contributed by atoms with Gasteiger partial charge in [-0.1, -0.05) is 18.2 Å². The van der Waals surface area contributed by atoms with Gasteiger partial charge in [-0.25, -0.2) is 13.6 Å². The summed E-state index contributed by atoms with van der Waals surface area (Å²) in [5, 5.41) is 12.7. The zero-order valence-corrected chi connectivity index (χ0v) is 19.5. The molecule has 2 aromatic carbocycles. The molecule has 10 heteroatoms. The highest BCUT2D eigenvalue weighted by Crippen LogP contribution is 2.31. The maximum atomic E-state index is 15.7. The molecule has 1 aliphatic heterocycles. The zero-order chi connectivity index (χ0) is 24.6. The van der Waals surface area contributed by atoms with E-state index in [9.17, 15) is 14.7 Å². The Hall–Kier alpha value is -3.53. The second-order valence-electron chi connectivity index (χ2n) is 8.16. The van der Waals surface area contributed by atoms with Gasteiger partial charge >= 0.3 is 5.97 Å². The summed E-state index contributed by atoms with van der Waals surface area (Å²) in [5.74, 6) is -3.22. The maximum Gasteiger partial charge on any atom is 0.341 e. The molecule has 178 valence electrons. The molecule has 0 spiro atoms. The number of fused-ring (bicyclic) bond motifs is 1. The number of carbonyl (C=O) groups is 1.